The van der Waals surface area contributed by atoms with Crippen LogP contribution in [0.3, 0.4) is 0 Å². The molecule has 0 aromatic carbocycles. The van der Waals surface area contributed by atoms with Gasteiger partial charge in [0.1, 0.15) is 0 Å². The highest BCUT2D eigenvalue weighted by atomic mass is 19.4. The first kappa shape index (κ1) is 18.7. The van der Waals surface area contributed by atoms with E-state index in [4.69, 9.17) is 11.0 Å². The topological polar surface area (TPSA) is 117 Å². The van der Waals surface area contributed by atoms with Gasteiger partial charge in [0.25, 0.3) is 5.91 Å². The number of nitrogens with zero attached hydrogens (tertiary/aromatic N) is 4. The van der Waals surface area contributed by atoms with Crippen LogP contribution < -0.4 is 11.1 Å². The molecular formula is C14H17F3N6O2. The molecule has 136 valence electrons. The summed E-state index contributed by atoms with van der Waals surface area (Å²) in [6.45, 7) is -0.758. The lowest BCUT2D eigenvalue weighted by atomic mass is 9.85. The van der Waals surface area contributed by atoms with Gasteiger partial charge in [-0.15, -0.1) is 0 Å². The molecule has 1 aliphatic rings. The monoisotopic (exact) mass is 358 g/mol. The Hall–Kier alpha value is -2.61. The summed E-state index contributed by atoms with van der Waals surface area (Å²) in [6.07, 6.45) is -2.05. The lowest BCUT2D eigenvalue weighted by molar-refractivity contribution is -0.150. The van der Waals surface area contributed by atoms with E-state index in [0.717, 1.165) is 0 Å². The Bertz CT molecular complexity index is 686. The number of nitriles is 1. The Labute approximate surface area is 141 Å². The van der Waals surface area contributed by atoms with Crippen molar-refractivity contribution in [2.75, 3.05) is 25.0 Å². The molecule has 1 fully saturated rings. The van der Waals surface area contributed by atoms with Crippen LogP contribution in [0.5, 0.6) is 0 Å². The SMILES string of the molecule is N#CCC1(n2cc(NC=O)c(C(N)=O)n2)CCN(CC(F)(F)F)CC1. The Morgan fingerprint density at radius 1 is 1.48 bits per heavy atom. The molecule has 25 heavy (non-hydrogen) atoms. The van der Waals surface area contributed by atoms with Gasteiger partial charge in [-0.25, -0.2) is 0 Å². The second kappa shape index (κ2) is 7.10. The summed E-state index contributed by atoms with van der Waals surface area (Å²) < 4.78 is 39.0. The standard InChI is InChI=1S/C14H17F3N6O2/c15-14(16,17)8-22-5-2-13(1-4-18,3-6-22)23-7-10(20-9-24)11(21-23)12(19)25/h7,9H,1-3,5-6,8H2,(H2,19,25)(H,20,24). The Kier molecular flexibility index (Phi) is 5.32. The molecule has 11 heteroatoms. The maximum absolute atomic E-state index is 12.5. The number of hydrogen-bond acceptors (Lipinski definition) is 5. The third kappa shape index (κ3) is 4.27. The molecular weight excluding hydrogens is 341 g/mol. The van der Waals surface area contributed by atoms with E-state index in [0.29, 0.717) is 6.41 Å². The molecule has 1 aliphatic heterocycles. The van der Waals surface area contributed by atoms with E-state index in [1.807, 2.05) is 6.07 Å². The van der Waals surface area contributed by atoms with Crippen molar-refractivity contribution in [1.82, 2.24) is 14.7 Å². The Balaban J connectivity index is 2.27. The minimum atomic E-state index is -4.29. The van der Waals surface area contributed by atoms with Gasteiger partial charge in [-0.05, 0) is 12.8 Å². The number of primary amides is 1. The summed E-state index contributed by atoms with van der Waals surface area (Å²) in [7, 11) is 0. The van der Waals surface area contributed by atoms with Crippen molar-refractivity contribution in [1.29, 1.82) is 5.26 Å². The van der Waals surface area contributed by atoms with Crippen LogP contribution in [0.4, 0.5) is 18.9 Å². The third-order valence-corrected chi connectivity index (χ3v) is 4.25. The van der Waals surface area contributed by atoms with E-state index in [9.17, 15) is 22.8 Å². The third-order valence-electron chi connectivity index (χ3n) is 4.25. The fraction of sp³-hybridized carbons (Fsp3) is 0.571. The molecule has 0 bridgehead atoms. The largest absolute Gasteiger partial charge is 0.401 e. The number of alkyl halides is 3. The van der Waals surface area contributed by atoms with Gasteiger partial charge in [-0.1, -0.05) is 0 Å². The summed E-state index contributed by atoms with van der Waals surface area (Å²) in [5.41, 5.74) is 4.30. The lowest BCUT2D eigenvalue weighted by Crippen LogP contribution is -2.48. The molecule has 1 aromatic rings. The van der Waals surface area contributed by atoms with Crippen LogP contribution in [0.1, 0.15) is 29.8 Å². The number of anilines is 1. The first-order chi connectivity index (χ1) is 11.7. The predicted molar refractivity (Wildman–Crippen MR) is 80.4 cm³/mol. The summed E-state index contributed by atoms with van der Waals surface area (Å²) in [5.74, 6) is -0.857. The summed E-state index contributed by atoms with van der Waals surface area (Å²) in [4.78, 5) is 23.4. The average molecular weight is 358 g/mol. The number of carbonyl (C=O) groups excluding carboxylic acids is 2. The molecule has 1 aromatic heterocycles. The van der Waals surface area contributed by atoms with Crippen molar-refractivity contribution in [3.8, 4) is 6.07 Å². The average Bonchev–Trinajstić information content (AvgIpc) is 2.93. The van der Waals surface area contributed by atoms with Crippen LogP contribution in [0, 0.1) is 11.3 Å². The highest BCUT2D eigenvalue weighted by Crippen LogP contribution is 2.35. The summed E-state index contributed by atoms with van der Waals surface area (Å²) in [6, 6.07) is 2.02. The van der Waals surface area contributed by atoms with Crippen LogP contribution in [-0.4, -0.2) is 52.8 Å². The number of amides is 2. The van der Waals surface area contributed by atoms with Crippen molar-refractivity contribution < 1.29 is 22.8 Å². The van der Waals surface area contributed by atoms with Crippen molar-refractivity contribution in [2.24, 2.45) is 5.73 Å². The molecule has 0 atom stereocenters. The molecule has 2 amide bonds. The molecule has 2 heterocycles. The van der Waals surface area contributed by atoms with E-state index in [2.05, 4.69) is 10.4 Å². The molecule has 0 saturated carbocycles. The van der Waals surface area contributed by atoms with E-state index >= 15 is 0 Å². The van der Waals surface area contributed by atoms with E-state index in [1.54, 1.807) is 0 Å². The van der Waals surface area contributed by atoms with Crippen molar-refractivity contribution in [3.63, 3.8) is 0 Å². The van der Waals surface area contributed by atoms with Crippen LogP contribution in [0.25, 0.3) is 0 Å². The minimum Gasteiger partial charge on any atom is -0.364 e. The van der Waals surface area contributed by atoms with Gasteiger partial charge in [-0.3, -0.25) is 19.2 Å². The number of likely N-dealkylation sites (tertiary alicyclic amines) is 1. The molecule has 0 spiro atoms. The molecule has 3 N–H and O–H groups in total. The maximum atomic E-state index is 12.5. The molecule has 8 nitrogen and oxygen atoms in total. The van der Waals surface area contributed by atoms with E-state index in [1.165, 1.54) is 15.8 Å². The van der Waals surface area contributed by atoms with Crippen molar-refractivity contribution >= 4 is 18.0 Å². The van der Waals surface area contributed by atoms with E-state index < -0.39 is 24.2 Å². The fourth-order valence-corrected chi connectivity index (χ4v) is 2.98. The zero-order valence-corrected chi connectivity index (χ0v) is 13.2. The smallest absolute Gasteiger partial charge is 0.364 e. The predicted octanol–water partition coefficient (Wildman–Crippen LogP) is 0.817. The minimum absolute atomic E-state index is 0.00721. The first-order valence-corrected chi connectivity index (χ1v) is 7.47. The lowest BCUT2D eigenvalue weighted by Gasteiger charge is -2.40. The molecule has 0 radical (unpaired) electrons. The normalized spacial score (nSPS) is 17.7. The molecule has 2 rings (SSSR count). The van der Waals surface area contributed by atoms with Gasteiger partial charge in [0.15, 0.2) is 5.69 Å². The number of piperidine rings is 1. The zero-order chi connectivity index (χ0) is 18.7. The van der Waals surface area contributed by atoms with Crippen molar-refractivity contribution in [2.45, 2.75) is 31.0 Å². The van der Waals surface area contributed by atoms with E-state index in [-0.39, 0.29) is 43.7 Å². The number of aromatic nitrogens is 2. The number of rotatable bonds is 6. The first-order valence-electron chi connectivity index (χ1n) is 7.47. The Morgan fingerprint density at radius 3 is 2.60 bits per heavy atom. The maximum Gasteiger partial charge on any atom is 0.401 e. The van der Waals surface area contributed by atoms with Gasteiger partial charge in [-0.2, -0.15) is 23.5 Å². The van der Waals surface area contributed by atoms with Crippen LogP contribution in [0.15, 0.2) is 6.20 Å². The van der Waals surface area contributed by atoms with Gasteiger partial charge in [0, 0.05) is 13.1 Å². The van der Waals surface area contributed by atoms with Crippen LogP contribution in [-0.2, 0) is 10.3 Å². The fourth-order valence-electron chi connectivity index (χ4n) is 2.98. The number of halogens is 3. The number of hydrogen-bond donors (Lipinski definition) is 2. The number of nitrogens with one attached hydrogen (secondary N) is 1. The zero-order valence-electron chi connectivity index (χ0n) is 13.2. The second-order valence-corrected chi connectivity index (χ2v) is 5.91. The number of carbonyl (C=O) groups is 2. The van der Waals surface area contributed by atoms with Gasteiger partial charge in [0.2, 0.25) is 6.41 Å². The van der Waals surface area contributed by atoms with Gasteiger partial charge >= 0.3 is 6.18 Å². The second-order valence-electron chi connectivity index (χ2n) is 5.91. The van der Waals surface area contributed by atoms with Gasteiger partial charge < -0.3 is 11.1 Å². The summed E-state index contributed by atoms with van der Waals surface area (Å²) in [5, 5.41) is 15.5. The van der Waals surface area contributed by atoms with Crippen molar-refractivity contribution in [3.05, 3.63) is 11.9 Å². The highest BCUT2D eigenvalue weighted by molar-refractivity contribution is 5.98. The quantitative estimate of drug-likeness (QED) is 0.730. The molecule has 1 saturated heterocycles. The molecule has 0 unspecified atom stereocenters. The summed E-state index contributed by atoms with van der Waals surface area (Å²) >= 11 is 0. The number of nitrogens with two attached hydrogens (primary N) is 1. The Morgan fingerprint density at radius 2 is 2.12 bits per heavy atom. The highest BCUT2D eigenvalue weighted by Gasteiger charge is 2.40. The van der Waals surface area contributed by atoms with Gasteiger partial charge in [0.05, 0.1) is 36.5 Å². The molecule has 0 aliphatic carbocycles. The van der Waals surface area contributed by atoms with Crippen LogP contribution >= 0.6 is 0 Å². The van der Waals surface area contributed by atoms with Crippen LogP contribution in [0.2, 0.25) is 0 Å².